The number of hydrogen-bond acceptors (Lipinski definition) is 3. The number of ketones is 1. The van der Waals surface area contributed by atoms with Crippen molar-refractivity contribution >= 4 is 17.7 Å². The Morgan fingerprint density at radius 2 is 1.97 bits per heavy atom. The predicted octanol–water partition coefficient (Wildman–Crippen LogP) is 2.95. The third kappa shape index (κ3) is 3.09. The Morgan fingerprint density at radius 3 is 2.69 bits per heavy atom. The van der Waals surface area contributed by atoms with E-state index >= 15 is 0 Å². The molecule has 6 nitrogen and oxygen atoms in total. The zero-order valence-corrected chi connectivity index (χ0v) is 16.8. The van der Waals surface area contributed by atoms with Crippen molar-refractivity contribution in [1.29, 1.82) is 0 Å². The highest BCUT2D eigenvalue weighted by Gasteiger charge is 2.52. The fourth-order valence-electron chi connectivity index (χ4n) is 4.57. The van der Waals surface area contributed by atoms with E-state index in [2.05, 4.69) is 18.0 Å². The van der Waals surface area contributed by atoms with Gasteiger partial charge in [-0.05, 0) is 43.9 Å². The molecule has 0 bridgehead atoms. The van der Waals surface area contributed by atoms with Crippen molar-refractivity contribution in [2.45, 2.75) is 45.2 Å². The summed E-state index contributed by atoms with van der Waals surface area (Å²) in [5.41, 5.74) is 3.66. The number of fused-ring (bicyclic) bond motifs is 1. The number of Topliss-reactive ketones (excluding diaryl/α,β-unsaturated/α-hetero) is 1. The molecule has 1 aliphatic heterocycles. The van der Waals surface area contributed by atoms with E-state index in [0.717, 1.165) is 28.3 Å². The third-order valence-electron chi connectivity index (χ3n) is 6.17. The summed E-state index contributed by atoms with van der Waals surface area (Å²) in [6, 6.07) is 9.31. The van der Waals surface area contributed by atoms with Crippen LogP contribution in [0.3, 0.4) is 0 Å². The normalized spacial score (nSPS) is 20.7. The second kappa shape index (κ2) is 7.03. The Bertz CT molecular complexity index is 1040. The number of carbonyl (C=O) groups is 3. The zero-order chi connectivity index (χ0) is 20.8. The van der Waals surface area contributed by atoms with Crippen molar-refractivity contribution < 1.29 is 14.4 Å². The number of urea groups is 1. The van der Waals surface area contributed by atoms with E-state index in [0.29, 0.717) is 24.9 Å². The summed E-state index contributed by atoms with van der Waals surface area (Å²) in [5.74, 6) is -0.532. The molecular formula is C23H25N3O3. The Hall–Kier alpha value is -3.15. The second-order valence-electron chi connectivity index (χ2n) is 7.96. The molecule has 150 valence electrons. The summed E-state index contributed by atoms with van der Waals surface area (Å²) in [5, 5.41) is 2.89. The molecule has 2 heterocycles. The molecule has 2 aliphatic rings. The number of rotatable bonds is 5. The summed E-state index contributed by atoms with van der Waals surface area (Å²) in [6.45, 7) is 7.91. The minimum Gasteiger partial charge on any atom is -0.345 e. The third-order valence-corrected chi connectivity index (χ3v) is 6.17. The van der Waals surface area contributed by atoms with E-state index in [1.807, 2.05) is 42.7 Å². The van der Waals surface area contributed by atoms with Crippen LogP contribution in [0.5, 0.6) is 0 Å². The highest BCUT2D eigenvalue weighted by molar-refractivity contribution is 6.11. The SMILES string of the molecule is C=CCn1c(C)cc(C(=O)CN2C(=O)NC3(CCc4ccccc4C3)C2=O)c1C. The van der Waals surface area contributed by atoms with Crippen LogP contribution in [0.1, 0.15) is 39.3 Å². The van der Waals surface area contributed by atoms with Crippen molar-refractivity contribution in [1.82, 2.24) is 14.8 Å². The molecular weight excluding hydrogens is 366 g/mol. The first kappa shape index (κ1) is 19.2. The standard InChI is InChI=1S/C23H25N3O3/c1-4-11-25-15(2)12-19(16(25)3)20(27)14-26-21(28)23(24-22(26)29)10-9-17-7-5-6-8-18(17)13-23/h4-8,12H,1,9-11,13-14H2,2-3H3,(H,24,29). The second-order valence-corrected chi connectivity index (χ2v) is 7.96. The summed E-state index contributed by atoms with van der Waals surface area (Å²) >= 11 is 0. The highest BCUT2D eigenvalue weighted by Crippen LogP contribution is 2.33. The predicted molar refractivity (Wildman–Crippen MR) is 110 cm³/mol. The van der Waals surface area contributed by atoms with Gasteiger partial charge in [0.1, 0.15) is 5.54 Å². The molecule has 1 fully saturated rings. The molecule has 4 rings (SSSR count). The molecule has 1 saturated heterocycles. The molecule has 0 saturated carbocycles. The lowest BCUT2D eigenvalue weighted by Crippen LogP contribution is -2.51. The van der Waals surface area contributed by atoms with Crippen LogP contribution in [-0.2, 0) is 24.2 Å². The number of allylic oxidation sites excluding steroid dienone is 1. The molecule has 29 heavy (non-hydrogen) atoms. The van der Waals surface area contributed by atoms with Gasteiger partial charge < -0.3 is 9.88 Å². The van der Waals surface area contributed by atoms with Gasteiger partial charge in [0, 0.05) is 29.9 Å². The van der Waals surface area contributed by atoms with Gasteiger partial charge in [0.25, 0.3) is 5.91 Å². The maximum absolute atomic E-state index is 13.2. The van der Waals surface area contributed by atoms with Crippen molar-refractivity contribution in [2.75, 3.05) is 6.54 Å². The average Bonchev–Trinajstić information content (AvgIpc) is 3.11. The smallest absolute Gasteiger partial charge is 0.325 e. The number of hydrogen-bond donors (Lipinski definition) is 1. The van der Waals surface area contributed by atoms with Gasteiger partial charge in [0.15, 0.2) is 5.78 Å². The molecule has 0 radical (unpaired) electrons. The molecule has 1 N–H and O–H groups in total. The van der Waals surface area contributed by atoms with Crippen LogP contribution >= 0.6 is 0 Å². The largest absolute Gasteiger partial charge is 0.345 e. The van der Waals surface area contributed by atoms with Gasteiger partial charge in [0.2, 0.25) is 0 Å². The lowest BCUT2D eigenvalue weighted by molar-refractivity contribution is -0.131. The van der Waals surface area contributed by atoms with E-state index in [9.17, 15) is 14.4 Å². The Balaban J connectivity index is 1.56. The number of nitrogens with zero attached hydrogens (tertiary/aromatic N) is 2. The molecule has 1 unspecified atom stereocenters. The number of carbonyl (C=O) groups excluding carboxylic acids is 3. The van der Waals surface area contributed by atoms with Gasteiger partial charge in [-0.2, -0.15) is 0 Å². The Morgan fingerprint density at radius 1 is 1.24 bits per heavy atom. The summed E-state index contributed by atoms with van der Waals surface area (Å²) in [7, 11) is 0. The molecule has 1 aliphatic carbocycles. The first-order valence-electron chi connectivity index (χ1n) is 9.88. The van der Waals surface area contributed by atoms with Crippen LogP contribution in [-0.4, -0.2) is 39.3 Å². The van der Waals surface area contributed by atoms with Gasteiger partial charge in [-0.25, -0.2) is 4.79 Å². The molecule has 1 atom stereocenters. The lowest BCUT2D eigenvalue weighted by Gasteiger charge is -2.32. The minimum atomic E-state index is -0.939. The van der Waals surface area contributed by atoms with Crippen molar-refractivity contribution in [3.05, 3.63) is 71.1 Å². The number of aromatic nitrogens is 1. The van der Waals surface area contributed by atoms with Crippen LogP contribution in [0.4, 0.5) is 4.79 Å². The van der Waals surface area contributed by atoms with Gasteiger partial charge in [-0.15, -0.1) is 6.58 Å². The molecule has 1 aromatic heterocycles. The van der Waals surface area contributed by atoms with E-state index in [4.69, 9.17) is 0 Å². The lowest BCUT2D eigenvalue weighted by atomic mass is 9.78. The van der Waals surface area contributed by atoms with Gasteiger partial charge in [-0.3, -0.25) is 14.5 Å². The first-order valence-corrected chi connectivity index (χ1v) is 9.88. The van der Waals surface area contributed by atoms with Crippen molar-refractivity contribution in [3.8, 4) is 0 Å². The zero-order valence-electron chi connectivity index (χ0n) is 16.8. The molecule has 1 spiro atoms. The van der Waals surface area contributed by atoms with E-state index < -0.39 is 11.6 Å². The maximum atomic E-state index is 13.2. The van der Waals surface area contributed by atoms with Crippen LogP contribution in [0.25, 0.3) is 0 Å². The number of benzene rings is 1. The number of nitrogens with one attached hydrogen (secondary N) is 1. The van der Waals surface area contributed by atoms with Crippen molar-refractivity contribution in [3.63, 3.8) is 0 Å². The first-order chi connectivity index (χ1) is 13.9. The quantitative estimate of drug-likeness (QED) is 0.484. The maximum Gasteiger partial charge on any atom is 0.325 e. The van der Waals surface area contributed by atoms with Gasteiger partial charge >= 0.3 is 6.03 Å². The average molecular weight is 391 g/mol. The summed E-state index contributed by atoms with van der Waals surface area (Å²) in [6.07, 6.45) is 3.52. The number of amides is 3. The molecule has 6 heteroatoms. The van der Waals surface area contributed by atoms with Crippen LogP contribution in [0.15, 0.2) is 43.0 Å². The number of aryl methyl sites for hydroxylation is 2. The Kier molecular flexibility index (Phi) is 4.65. The van der Waals surface area contributed by atoms with Gasteiger partial charge in [-0.1, -0.05) is 30.3 Å². The van der Waals surface area contributed by atoms with Crippen LogP contribution in [0, 0.1) is 13.8 Å². The Labute approximate surface area is 170 Å². The topological polar surface area (TPSA) is 71.4 Å². The fourth-order valence-corrected chi connectivity index (χ4v) is 4.57. The fraction of sp³-hybridized carbons (Fsp3) is 0.348. The monoisotopic (exact) mass is 391 g/mol. The van der Waals surface area contributed by atoms with Crippen LogP contribution in [0.2, 0.25) is 0 Å². The van der Waals surface area contributed by atoms with Crippen LogP contribution < -0.4 is 5.32 Å². The van der Waals surface area contributed by atoms with E-state index in [1.54, 1.807) is 6.08 Å². The van der Waals surface area contributed by atoms with Gasteiger partial charge in [0.05, 0.1) is 6.54 Å². The van der Waals surface area contributed by atoms with E-state index in [1.165, 1.54) is 5.56 Å². The molecule has 1 aromatic carbocycles. The molecule has 3 amide bonds. The van der Waals surface area contributed by atoms with Crippen molar-refractivity contribution in [2.24, 2.45) is 0 Å². The number of imide groups is 1. The summed E-state index contributed by atoms with van der Waals surface area (Å²) in [4.78, 5) is 39.8. The van der Waals surface area contributed by atoms with E-state index in [-0.39, 0.29) is 18.2 Å². The minimum absolute atomic E-state index is 0.231. The summed E-state index contributed by atoms with van der Waals surface area (Å²) < 4.78 is 1.99. The highest BCUT2D eigenvalue weighted by atomic mass is 16.2. The molecule has 2 aromatic rings.